The normalized spacial score (nSPS) is 20.0. The lowest BCUT2D eigenvalue weighted by molar-refractivity contribution is -0.133. The molecule has 5 amide bonds. The van der Waals surface area contributed by atoms with Crippen LogP contribution in [0.5, 0.6) is 11.5 Å². The minimum absolute atomic E-state index is 0.0535. The van der Waals surface area contributed by atoms with E-state index in [2.05, 4.69) is 31.6 Å². The molecule has 0 saturated carbocycles. The number of oxazole rings is 1. The first kappa shape index (κ1) is 38.4. The Bertz CT molecular complexity index is 1640. The van der Waals surface area contributed by atoms with Crippen molar-refractivity contribution in [1.29, 1.82) is 0 Å². The van der Waals surface area contributed by atoms with Crippen molar-refractivity contribution in [2.45, 2.75) is 77.4 Å². The molecule has 0 spiro atoms. The van der Waals surface area contributed by atoms with E-state index in [-0.39, 0.29) is 49.4 Å². The number of fused-ring (bicyclic) bond motifs is 2. The average molecular weight is 705 g/mol. The van der Waals surface area contributed by atoms with Crippen LogP contribution in [0.2, 0.25) is 0 Å². The highest BCUT2D eigenvalue weighted by atomic mass is 16.5. The van der Waals surface area contributed by atoms with Crippen molar-refractivity contribution < 1.29 is 37.9 Å². The van der Waals surface area contributed by atoms with Crippen LogP contribution in [0.1, 0.15) is 67.4 Å². The fourth-order valence-corrected chi connectivity index (χ4v) is 5.65. The number of carbonyl (C=O) groups excluding carboxylic acids is 5. The summed E-state index contributed by atoms with van der Waals surface area (Å²) < 4.78 is 16.5. The van der Waals surface area contributed by atoms with Gasteiger partial charge in [0.15, 0.2) is 30.2 Å². The van der Waals surface area contributed by atoms with Crippen molar-refractivity contribution in [2.24, 2.45) is 5.92 Å². The zero-order valence-electron chi connectivity index (χ0n) is 29.6. The third kappa shape index (κ3) is 11.3. The van der Waals surface area contributed by atoms with Gasteiger partial charge in [-0.05, 0) is 54.9 Å². The van der Waals surface area contributed by atoms with Crippen molar-refractivity contribution in [3.63, 3.8) is 0 Å². The Morgan fingerprint density at radius 2 is 1.75 bits per heavy atom. The van der Waals surface area contributed by atoms with Gasteiger partial charge >= 0.3 is 0 Å². The third-order valence-electron chi connectivity index (χ3n) is 8.48. The molecule has 3 atom stereocenters. The lowest BCUT2D eigenvalue weighted by Gasteiger charge is -2.27. The van der Waals surface area contributed by atoms with Crippen LogP contribution < -0.4 is 36.1 Å². The molecule has 0 aliphatic carbocycles. The smallest absolute Gasteiger partial charge is 0.274 e. The van der Waals surface area contributed by atoms with Gasteiger partial charge in [-0.3, -0.25) is 24.0 Å². The van der Waals surface area contributed by atoms with E-state index in [0.717, 1.165) is 17.5 Å². The number of carbonyl (C=O) groups is 5. The van der Waals surface area contributed by atoms with Gasteiger partial charge in [0, 0.05) is 25.9 Å². The fraction of sp³-hybridized carbons (Fsp3) is 0.459. The largest absolute Gasteiger partial charge is 0.493 e. The van der Waals surface area contributed by atoms with Gasteiger partial charge in [0.25, 0.3) is 11.8 Å². The minimum atomic E-state index is -1.10. The number of aromatic nitrogens is 1. The van der Waals surface area contributed by atoms with Crippen LogP contribution in [0.15, 0.2) is 59.3 Å². The SMILES string of the molecule is CCc1ocnc1C(=O)N[C@H]1CCCNC(=O)COc2cc(ccc2OC)CCCNC(=O)[C@@H](C(C)C)NC(=O)[C@H](Cc2ccccc2)NC1=O. The van der Waals surface area contributed by atoms with Gasteiger partial charge in [-0.1, -0.05) is 57.2 Å². The Balaban J connectivity index is 1.61. The number of nitrogens with one attached hydrogen (secondary N) is 5. The van der Waals surface area contributed by atoms with Crippen LogP contribution in [0.25, 0.3) is 0 Å². The van der Waals surface area contributed by atoms with Gasteiger partial charge in [0.2, 0.25) is 17.7 Å². The first-order valence-corrected chi connectivity index (χ1v) is 17.3. The van der Waals surface area contributed by atoms with E-state index >= 15 is 0 Å². The number of ether oxygens (including phenoxy) is 2. The van der Waals surface area contributed by atoms with Crippen LogP contribution in [-0.2, 0) is 38.4 Å². The molecule has 4 rings (SSSR count). The van der Waals surface area contributed by atoms with E-state index in [1.54, 1.807) is 12.1 Å². The highest BCUT2D eigenvalue weighted by Crippen LogP contribution is 2.28. The summed E-state index contributed by atoms with van der Waals surface area (Å²) >= 11 is 0. The Morgan fingerprint density at radius 3 is 2.47 bits per heavy atom. The van der Waals surface area contributed by atoms with Crippen molar-refractivity contribution in [3.8, 4) is 11.5 Å². The average Bonchev–Trinajstić information content (AvgIpc) is 3.61. The monoisotopic (exact) mass is 704 g/mol. The van der Waals surface area contributed by atoms with E-state index in [1.807, 2.05) is 57.2 Å². The quantitative estimate of drug-likeness (QED) is 0.246. The molecule has 0 saturated heterocycles. The highest BCUT2D eigenvalue weighted by molar-refractivity contribution is 5.98. The molecule has 3 aromatic rings. The zero-order valence-corrected chi connectivity index (χ0v) is 29.6. The molecule has 0 fully saturated rings. The molecule has 1 aliphatic heterocycles. The van der Waals surface area contributed by atoms with Crippen LogP contribution in [0, 0.1) is 5.92 Å². The summed E-state index contributed by atoms with van der Waals surface area (Å²) in [5.74, 6) is -1.53. The molecule has 2 bridgehead atoms. The second-order valence-corrected chi connectivity index (χ2v) is 12.6. The topological polar surface area (TPSA) is 190 Å². The summed E-state index contributed by atoms with van der Waals surface area (Å²) in [6, 6.07) is 11.6. The molecule has 14 heteroatoms. The predicted octanol–water partition coefficient (Wildman–Crippen LogP) is 2.25. The molecule has 51 heavy (non-hydrogen) atoms. The molecule has 274 valence electrons. The Hall–Kier alpha value is -5.40. The Kier molecular flexibility index (Phi) is 14.4. The minimum Gasteiger partial charge on any atom is -0.493 e. The maximum absolute atomic E-state index is 13.9. The number of nitrogens with zero attached hydrogens (tertiary/aromatic N) is 1. The molecule has 5 N–H and O–H groups in total. The third-order valence-corrected chi connectivity index (χ3v) is 8.48. The summed E-state index contributed by atoms with van der Waals surface area (Å²) in [4.78, 5) is 71.1. The Morgan fingerprint density at radius 1 is 0.980 bits per heavy atom. The molecule has 2 heterocycles. The molecule has 1 aliphatic rings. The lowest BCUT2D eigenvalue weighted by Crippen LogP contribution is -2.58. The van der Waals surface area contributed by atoms with Crippen molar-refractivity contribution >= 4 is 29.5 Å². The number of methoxy groups -OCH3 is 1. The van der Waals surface area contributed by atoms with Gasteiger partial charge in [-0.2, -0.15) is 0 Å². The summed E-state index contributed by atoms with van der Waals surface area (Å²) in [6.07, 6.45) is 3.34. The van der Waals surface area contributed by atoms with Crippen molar-refractivity contribution in [3.05, 3.63) is 77.5 Å². The number of hydrogen-bond acceptors (Lipinski definition) is 9. The standard InChI is InChI=1S/C37H48N6O8/c1-5-28-33(40-22-51-28)37(48)41-26-14-10-17-38-31(44)21-50-30-20-25(15-16-29(30)49-4)13-9-18-39-36(47)32(23(2)3)43-35(46)27(42-34(26)45)19-24-11-7-6-8-12-24/h6-8,11-12,15-16,20,22-23,26-27,32H,5,9-10,13-14,17-19,21H2,1-4H3,(H,38,44)(H,39,47)(H,41,48)(H,42,45)(H,43,46)/t26-,27-,32+/m0/s1. The fourth-order valence-electron chi connectivity index (χ4n) is 5.65. The van der Waals surface area contributed by atoms with E-state index in [1.165, 1.54) is 7.11 Å². The molecular weight excluding hydrogens is 656 g/mol. The van der Waals surface area contributed by atoms with Crippen LogP contribution in [-0.4, -0.2) is 79.5 Å². The summed E-state index contributed by atoms with van der Waals surface area (Å²) in [6.45, 7) is 5.73. The molecule has 1 aromatic heterocycles. The summed E-state index contributed by atoms with van der Waals surface area (Å²) in [7, 11) is 1.51. The molecule has 0 unspecified atom stereocenters. The number of rotatable bonds is 7. The van der Waals surface area contributed by atoms with Gasteiger partial charge in [-0.15, -0.1) is 0 Å². The number of amides is 5. The first-order chi connectivity index (χ1) is 24.6. The maximum Gasteiger partial charge on any atom is 0.274 e. The Labute approximate surface area is 297 Å². The van der Waals surface area contributed by atoms with Gasteiger partial charge < -0.3 is 40.5 Å². The van der Waals surface area contributed by atoms with Gasteiger partial charge in [0.1, 0.15) is 23.9 Å². The maximum atomic E-state index is 13.9. The second kappa shape index (κ2) is 19.1. The number of hydrogen-bond donors (Lipinski definition) is 5. The van der Waals surface area contributed by atoms with E-state index < -0.39 is 35.8 Å². The number of aryl methyl sites for hydroxylation is 2. The van der Waals surface area contributed by atoms with Crippen LogP contribution >= 0.6 is 0 Å². The van der Waals surface area contributed by atoms with Crippen molar-refractivity contribution in [1.82, 2.24) is 31.6 Å². The van der Waals surface area contributed by atoms with E-state index in [9.17, 15) is 24.0 Å². The van der Waals surface area contributed by atoms with E-state index in [4.69, 9.17) is 13.9 Å². The summed E-state index contributed by atoms with van der Waals surface area (Å²) in [5.41, 5.74) is 1.77. The molecule has 2 aromatic carbocycles. The molecule has 14 nitrogen and oxygen atoms in total. The zero-order chi connectivity index (χ0) is 36.8. The molecule has 0 radical (unpaired) electrons. The lowest BCUT2D eigenvalue weighted by atomic mass is 10.00. The summed E-state index contributed by atoms with van der Waals surface area (Å²) in [5, 5.41) is 14.1. The van der Waals surface area contributed by atoms with Gasteiger partial charge in [-0.25, -0.2) is 4.98 Å². The highest BCUT2D eigenvalue weighted by Gasteiger charge is 2.32. The molecular formula is C37H48N6O8. The number of benzene rings is 2. The predicted molar refractivity (Wildman–Crippen MR) is 188 cm³/mol. The van der Waals surface area contributed by atoms with Gasteiger partial charge in [0.05, 0.1) is 7.11 Å². The van der Waals surface area contributed by atoms with Crippen LogP contribution in [0.3, 0.4) is 0 Å². The van der Waals surface area contributed by atoms with Crippen molar-refractivity contribution in [2.75, 3.05) is 26.8 Å². The second-order valence-electron chi connectivity index (χ2n) is 12.6. The van der Waals surface area contributed by atoms with Crippen LogP contribution in [0.4, 0.5) is 0 Å². The van der Waals surface area contributed by atoms with E-state index in [0.29, 0.717) is 49.5 Å². The first-order valence-electron chi connectivity index (χ1n) is 17.3.